The van der Waals surface area contributed by atoms with E-state index < -0.39 is 33.9 Å². The lowest BCUT2D eigenvalue weighted by atomic mass is 10.2. The number of halogens is 2. The van der Waals surface area contributed by atoms with Crippen molar-refractivity contribution < 1.29 is 0 Å². The summed E-state index contributed by atoms with van der Waals surface area (Å²) < 4.78 is 7.36. The monoisotopic (exact) mass is 1010 g/mol. The van der Waals surface area contributed by atoms with E-state index in [0.29, 0.717) is 33.5 Å². The number of hydrogen-bond donors (Lipinski definition) is 2. The first-order valence-corrected chi connectivity index (χ1v) is 23.1. The van der Waals surface area contributed by atoms with E-state index in [1.807, 2.05) is 18.2 Å². The molecule has 0 bridgehead atoms. The van der Waals surface area contributed by atoms with Crippen molar-refractivity contribution in [2.24, 2.45) is 14.1 Å². The maximum atomic E-state index is 13.8. The zero-order valence-corrected chi connectivity index (χ0v) is 39.8. The third-order valence-corrected chi connectivity index (χ3v) is 11.9. The third-order valence-electron chi connectivity index (χ3n) is 10.8. The van der Waals surface area contributed by atoms with Gasteiger partial charge in [0.05, 0.1) is 22.7 Å². The van der Waals surface area contributed by atoms with Crippen LogP contribution >= 0.6 is 35.0 Å². The predicted octanol–water partition coefficient (Wildman–Crippen LogP) is 8.15. The molecule has 0 amide bonds. The molecule has 10 aromatic rings. The Bertz CT molecular complexity index is 3880. The summed E-state index contributed by atoms with van der Waals surface area (Å²) in [5.41, 5.74) is 5.53. The normalized spacial score (nSPS) is 10.7. The first kappa shape index (κ1) is 50.4. The molecular weight excluding hydrogens is 964 g/mol. The van der Waals surface area contributed by atoms with Crippen molar-refractivity contribution >= 4 is 74.2 Å². The number of rotatable bonds is 7. The highest BCUT2D eigenvalue weighted by molar-refractivity contribution is 7.98. The van der Waals surface area contributed by atoms with E-state index in [4.69, 9.17) is 28.9 Å². The van der Waals surface area contributed by atoms with Gasteiger partial charge < -0.3 is 11.1 Å². The summed E-state index contributed by atoms with van der Waals surface area (Å²) in [6, 6.07) is 48.9. The molecule has 71 heavy (non-hydrogen) atoms. The van der Waals surface area contributed by atoms with Crippen LogP contribution in [0, 0.1) is 0 Å². The maximum absolute atomic E-state index is 13.8. The second-order valence-electron chi connectivity index (χ2n) is 15.2. The fourth-order valence-corrected chi connectivity index (χ4v) is 8.25. The van der Waals surface area contributed by atoms with Gasteiger partial charge in [-0.15, -0.1) is 11.8 Å². The molecule has 10 rings (SSSR count). The molecule has 4 aromatic heterocycles. The average Bonchev–Trinajstić information content (AvgIpc) is 3.37. The van der Waals surface area contributed by atoms with Crippen LogP contribution in [0.4, 0.5) is 17.2 Å². The Labute approximate surface area is 418 Å². The van der Waals surface area contributed by atoms with Gasteiger partial charge in [0.25, 0.3) is 11.1 Å². The molecule has 0 unspecified atom stereocenters. The number of benzene rings is 6. The molecule has 0 atom stereocenters. The van der Waals surface area contributed by atoms with Crippen molar-refractivity contribution in [1.29, 1.82) is 0 Å². The summed E-state index contributed by atoms with van der Waals surface area (Å²) in [5, 5.41) is 4.91. The molecule has 0 aliphatic heterocycles. The number of aryl methyl sites for hydroxylation is 2. The van der Waals surface area contributed by atoms with E-state index in [-0.39, 0.29) is 40.3 Å². The Morgan fingerprint density at radius 2 is 0.831 bits per heavy atom. The van der Waals surface area contributed by atoms with Gasteiger partial charge in [-0.2, -0.15) is 9.97 Å². The molecule has 0 spiro atoms. The largest absolute Gasteiger partial charge is 0.399 e. The second-order valence-corrected chi connectivity index (χ2v) is 16.9. The van der Waals surface area contributed by atoms with Gasteiger partial charge >= 0.3 is 22.8 Å². The minimum Gasteiger partial charge on any atom is -0.399 e. The van der Waals surface area contributed by atoms with Crippen LogP contribution < -0.4 is 44.9 Å². The number of para-hydroxylation sites is 4. The van der Waals surface area contributed by atoms with E-state index in [1.165, 1.54) is 44.1 Å². The number of nitrogens with two attached hydrogens (primary N) is 1. The van der Waals surface area contributed by atoms with Crippen molar-refractivity contribution in [3.63, 3.8) is 0 Å². The van der Waals surface area contributed by atoms with Crippen molar-refractivity contribution in [1.82, 2.24) is 37.4 Å². The minimum atomic E-state index is -0.620. The number of thioether (sulfide) groups is 1. The van der Waals surface area contributed by atoms with Gasteiger partial charge in [0.1, 0.15) is 27.1 Å². The summed E-state index contributed by atoms with van der Waals surface area (Å²) in [6.07, 6.45) is 1.74. The Morgan fingerprint density at radius 3 is 1.23 bits per heavy atom. The van der Waals surface area contributed by atoms with Crippen LogP contribution in [0.25, 0.3) is 44.8 Å². The molecule has 0 saturated heterocycles. The van der Waals surface area contributed by atoms with Crippen molar-refractivity contribution in [3.05, 3.63) is 243 Å². The highest BCUT2D eigenvalue weighted by atomic mass is 35.5. The molecule has 6 aromatic carbocycles. The Morgan fingerprint density at radius 1 is 0.479 bits per heavy atom. The van der Waals surface area contributed by atoms with Crippen LogP contribution in [0.2, 0.25) is 10.0 Å². The minimum absolute atomic E-state index is 0. The number of fused-ring (bicyclic) bond motifs is 2. The fourth-order valence-electron chi connectivity index (χ4n) is 7.45. The molecule has 0 fully saturated rings. The van der Waals surface area contributed by atoms with Crippen LogP contribution in [0.5, 0.6) is 0 Å². The smallest absolute Gasteiger partial charge is 0.350 e. The third kappa shape index (κ3) is 10.3. The van der Waals surface area contributed by atoms with E-state index in [0.717, 1.165) is 19.8 Å². The van der Waals surface area contributed by atoms with Gasteiger partial charge in [0.15, 0.2) is 5.82 Å². The number of nitrogen functional groups attached to an aromatic ring is 1. The Kier molecular flexibility index (Phi) is 15.5. The molecule has 0 aliphatic rings. The van der Waals surface area contributed by atoms with Crippen molar-refractivity contribution in [2.45, 2.75) is 12.5 Å². The fraction of sp³-hybridized carbons (Fsp3) is 0.0769. The lowest BCUT2D eigenvalue weighted by Crippen LogP contribution is -2.41. The van der Waals surface area contributed by atoms with Gasteiger partial charge in [0.2, 0.25) is 0 Å². The lowest BCUT2D eigenvalue weighted by Gasteiger charge is -2.18. The van der Waals surface area contributed by atoms with Gasteiger partial charge in [-0.3, -0.25) is 18.7 Å². The molecule has 3 N–H and O–H groups in total. The van der Waals surface area contributed by atoms with Crippen LogP contribution in [0.15, 0.2) is 204 Å². The topological polar surface area (TPSA) is 196 Å². The predicted molar refractivity (Wildman–Crippen MR) is 285 cm³/mol. The maximum Gasteiger partial charge on any atom is 0.350 e. The summed E-state index contributed by atoms with van der Waals surface area (Å²) in [7, 11) is 2.99. The van der Waals surface area contributed by atoms with Gasteiger partial charge in [-0.1, -0.05) is 103 Å². The van der Waals surface area contributed by atoms with E-state index in [9.17, 15) is 28.8 Å². The highest BCUT2D eigenvalue weighted by Crippen LogP contribution is 2.24. The molecule has 0 saturated carbocycles. The summed E-state index contributed by atoms with van der Waals surface area (Å²) in [5.74, 6) is 0.0415. The van der Waals surface area contributed by atoms with E-state index >= 15 is 0 Å². The van der Waals surface area contributed by atoms with Crippen molar-refractivity contribution in [2.75, 3.05) is 17.3 Å². The summed E-state index contributed by atoms with van der Waals surface area (Å²) in [4.78, 5) is 87.7. The Balaban J connectivity index is 0.000000180. The highest BCUT2D eigenvalue weighted by Gasteiger charge is 2.24. The Hall–Kier alpha value is -8.51. The van der Waals surface area contributed by atoms with Crippen molar-refractivity contribution in [3.8, 4) is 22.7 Å². The quantitative estimate of drug-likeness (QED) is 0.0889. The van der Waals surface area contributed by atoms with Gasteiger partial charge in [-0.25, -0.2) is 37.4 Å². The van der Waals surface area contributed by atoms with Crippen LogP contribution in [0.3, 0.4) is 0 Å². The zero-order valence-electron chi connectivity index (χ0n) is 37.4. The molecule has 4 heterocycles. The summed E-state index contributed by atoms with van der Waals surface area (Å²) >= 11 is 12.7. The zero-order chi connectivity index (χ0) is 49.6. The van der Waals surface area contributed by atoms with Gasteiger partial charge in [-0.05, 0) is 103 Å². The lowest BCUT2D eigenvalue weighted by molar-refractivity contribution is 0.749. The number of aromatic nitrogens is 8. The molecule has 0 radical (unpaired) electrons. The molecular formula is C52H44Cl2N10O6S. The molecule has 19 heteroatoms. The SMILES string of the molecule is C.CSc1nc(=O)n(C)c2c1c(=O)n(-c1ccccc1)c(=O)n2-c1ccccc1.Cn1c(=O)nc(Nc2ccc(Cl)cc2)c2c(=O)n(-c3ccccc3)c(=O)n(-c3ccccc3)c21.Nc1ccc(Cl)cc1. The number of nitrogens with one attached hydrogen (secondary N) is 1. The molecule has 0 aliphatic carbocycles. The standard InChI is InChI=1S/C25H18ClN5O3.C20H16N4O3S.C6H6ClN.CH4/c1-29-22-20(21(28-24(29)33)27-17-14-12-16(26)13-15-17)23(32)31(19-10-6-3-7-11-19)25(34)30(22)18-8-4-2-5-9-18;1-22-17-15(16(28-2)21-19(22)26)18(25)24(14-11-7-4-8-12-14)20(27)23(17)13-9-5-3-6-10-13;7-5-1-3-6(8)4-2-5;/h2-15H,1H3,(H,27,28,33);3-12H,1-2H3;1-4H,8H2;1H4. The van der Waals surface area contributed by atoms with E-state index in [1.54, 1.807) is 158 Å². The van der Waals surface area contributed by atoms with Crippen LogP contribution in [-0.2, 0) is 14.1 Å². The van der Waals surface area contributed by atoms with E-state index in [2.05, 4.69) is 15.3 Å². The first-order chi connectivity index (χ1) is 33.8. The molecule has 16 nitrogen and oxygen atoms in total. The second kappa shape index (κ2) is 21.8. The number of anilines is 3. The number of hydrogen-bond acceptors (Lipinski definition) is 11. The molecule has 358 valence electrons. The van der Waals surface area contributed by atoms with Crippen LogP contribution in [0.1, 0.15) is 7.43 Å². The number of nitrogens with zero attached hydrogens (tertiary/aromatic N) is 8. The van der Waals surface area contributed by atoms with Crippen LogP contribution in [-0.4, -0.2) is 43.6 Å². The van der Waals surface area contributed by atoms with Gasteiger partial charge in [0, 0.05) is 35.5 Å². The first-order valence-electron chi connectivity index (χ1n) is 21.2. The summed E-state index contributed by atoms with van der Waals surface area (Å²) in [6.45, 7) is 0. The average molecular weight is 1010 g/mol.